The number of aryl methyl sites for hydroxylation is 2. The molecule has 2 heterocycles. The first-order valence-corrected chi connectivity index (χ1v) is 22.0. The lowest BCUT2D eigenvalue weighted by Crippen LogP contribution is -2.23. The molecule has 0 radical (unpaired) electrons. The summed E-state index contributed by atoms with van der Waals surface area (Å²) in [7, 11) is 0. The van der Waals surface area contributed by atoms with Gasteiger partial charge in [-0.3, -0.25) is 18.3 Å². The van der Waals surface area contributed by atoms with Crippen LogP contribution in [0.15, 0.2) is 240 Å². The quantitative estimate of drug-likeness (QED) is 0.137. The minimum absolute atomic E-state index is 0.194. The number of para-hydroxylation sites is 6. The zero-order valence-corrected chi connectivity index (χ0v) is 36.4. The Morgan fingerprint density at radius 3 is 0.742 bits per heavy atom. The standard InChI is InChI=1S/C58H44N6O2/c1-41-21-25-45(26-22-41)59(43-13-5-3-6-14-43)47-29-33-49(34-30-47)61-53-17-9-11-19-55(53)63(57(61)65)51-37-39-52(40-38-51)64-56-20-12-10-18-54(56)62(58(64)66)50-35-31-48(32-36-50)60(44-15-7-4-8-16-44)46-27-23-42(2)24-28-46/h3-40H,1-2H3. The Labute approximate surface area is 382 Å². The molecule has 9 aromatic carbocycles. The van der Waals surface area contributed by atoms with Gasteiger partial charge in [0.15, 0.2) is 0 Å². The van der Waals surface area contributed by atoms with Crippen LogP contribution in [0.25, 0.3) is 44.8 Å². The SMILES string of the molecule is Cc1ccc(N(c2ccccc2)c2ccc(-n3c(=O)n(-c4ccc(-n5c(=O)n(-c6ccc(N(c7ccccc7)c7ccc(C)cc7)cc6)c6ccccc65)cc4)c4ccccc43)cc2)cc1. The van der Waals surface area contributed by atoms with Crippen LogP contribution in [0.1, 0.15) is 11.1 Å². The average molecular weight is 857 g/mol. The highest BCUT2D eigenvalue weighted by Crippen LogP contribution is 2.37. The summed E-state index contributed by atoms with van der Waals surface area (Å²) >= 11 is 0. The predicted octanol–water partition coefficient (Wildman–Crippen LogP) is 13.4. The van der Waals surface area contributed by atoms with Gasteiger partial charge in [0.25, 0.3) is 0 Å². The van der Waals surface area contributed by atoms with Crippen molar-refractivity contribution in [2.75, 3.05) is 9.80 Å². The number of benzene rings is 9. The molecule has 0 saturated carbocycles. The minimum Gasteiger partial charge on any atom is -0.311 e. The van der Waals surface area contributed by atoms with Gasteiger partial charge >= 0.3 is 11.4 Å². The number of nitrogens with zero attached hydrogens (tertiary/aromatic N) is 6. The third-order valence-corrected chi connectivity index (χ3v) is 12.2. The van der Waals surface area contributed by atoms with Crippen LogP contribution >= 0.6 is 0 Å². The summed E-state index contributed by atoms with van der Waals surface area (Å²) in [4.78, 5) is 33.7. The van der Waals surface area contributed by atoms with Crippen molar-refractivity contribution in [3.63, 3.8) is 0 Å². The Morgan fingerprint density at radius 1 is 0.258 bits per heavy atom. The van der Waals surface area contributed by atoms with Gasteiger partial charge in [0.05, 0.1) is 44.8 Å². The van der Waals surface area contributed by atoms with Crippen molar-refractivity contribution in [1.29, 1.82) is 0 Å². The predicted molar refractivity (Wildman–Crippen MR) is 270 cm³/mol. The van der Waals surface area contributed by atoms with E-state index in [1.807, 2.05) is 133 Å². The van der Waals surface area contributed by atoms with Crippen molar-refractivity contribution < 1.29 is 0 Å². The monoisotopic (exact) mass is 856 g/mol. The summed E-state index contributed by atoms with van der Waals surface area (Å²) in [5, 5.41) is 0. The normalized spacial score (nSPS) is 11.3. The molecule has 2 aromatic heterocycles. The Hall–Kier alpha value is -8.88. The highest BCUT2D eigenvalue weighted by atomic mass is 16.2. The van der Waals surface area contributed by atoms with E-state index in [0.717, 1.165) is 67.6 Å². The van der Waals surface area contributed by atoms with Crippen molar-refractivity contribution in [2.24, 2.45) is 0 Å². The maximum Gasteiger partial charge on any atom is 0.338 e. The maximum absolute atomic E-state index is 14.6. The van der Waals surface area contributed by atoms with Crippen molar-refractivity contribution >= 4 is 56.2 Å². The number of imidazole rings is 2. The average Bonchev–Trinajstić information content (AvgIpc) is 3.83. The lowest BCUT2D eigenvalue weighted by Gasteiger charge is -2.25. The molecule has 0 aliphatic rings. The molecule has 8 nitrogen and oxygen atoms in total. The third kappa shape index (κ3) is 7.07. The number of aromatic nitrogens is 4. The summed E-state index contributed by atoms with van der Waals surface area (Å²) in [6.07, 6.45) is 0. The second-order valence-electron chi connectivity index (χ2n) is 16.4. The van der Waals surface area contributed by atoms with Gasteiger partial charge in [-0.15, -0.1) is 0 Å². The van der Waals surface area contributed by atoms with Crippen molar-refractivity contribution in [1.82, 2.24) is 18.3 Å². The van der Waals surface area contributed by atoms with Crippen molar-refractivity contribution in [2.45, 2.75) is 13.8 Å². The van der Waals surface area contributed by atoms with Crippen LogP contribution < -0.4 is 21.2 Å². The van der Waals surface area contributed by atoms with Crippen LogP contribution in [0.3, 0.4) is 0 Å². The van der Waals surface area contributed by atoms with Gasteiger partial charge in [0.1, 0.15) is 0 Å². The summed E-state index contributed by atoms with van der Waals surface area (Å²) in [5.74, 6) is 0. The summed E-state index contributed by atoms with van der Waals surface area (Å²) in [6.45, 7) is 4.17. The van der Waals surface area contributed by atoms with Crippen LogP contribution in [-0.2, 0) is 0 Å². The van der Waals surface area contributed by atoms with Gasteiger partial charge in [0, 0.05) is 34.1 Å². The van der Waals surface area contributed by atoms with E-state index in [9.17, 15) is 9.59 Å². The van der Waals surface area contributed by atoms with E-state index in [1.54, 1.807) is 18.3 Å². The fraction of sp³-hybridized carbons (Fsp3) is 0.0345. The van der Waals surface area contributed by atoms with Crippen LogP contribution in [0.2, 0.25) is 0 Å². The molecule has 0 N–H and O–H groups in total. The smallest absolute Gasteiger partial charge is 0.311 e. The van der Waals surface area contributed by atoms with Gasteiger partial charge in [-0.05, 0) is 159 Å². The van der Waals surface area contributed by atoms with Gasteiger partial charge in [-0.2, -0.15) is 0 Å². The topological polar surface area (TPSA) is 60.3 Å². The number of anilines is 6. The molecule has 0 amide bonds. The Balaban J connectivity index is 0.940. The molecular formula is C58H44N6O2. The van der Waals surface area contributed by atoms with Crippen LogP contribution in [0.5, 0.6) is 0 Å². The zero-order chi connectivity index (χ0) is 44.7. The molecule has 0 bridgehead atoms. The second-order valence-corrected chi connectivity index (χ2v) is 16.4. The van der Waals surface area contributed by atoms with Crippen LogP contribution in [0, 0.1) is 13.8 Å². The number of hydrogen-bond acceptors (Lipinski definition) is 4. The number of fused-ring (bicyclic) bond motifs is 2. The second kappa shape index (κ2) is 16.7. The summed E-state index contributed by atoms with van der Waals surface area (Å²) < 4.78 is 6.99. The highest BCUT2D eigenvalue weighted by molar-refractivity contribution is 5.83. The van der Waals surface area contributed by atoms with Gasteiger partial charge in [-0.25, -0.2) is 9.59 Å². The summed E-state index contributed by atoms with van der Waals surface area (Å²) in [5.41, 5.74) is 14.1. The lowest BCUT2D eigenvalue weighted by atomic mass is 10.1. The Bertz CT molecular complexity index is 3370. The molecule has 0 aliphatic carbocycles. The first kappa shape index (κ1) is 39.9. The molecule has 11 rings (SSSR count). The van der Waals surface area contributed by atoms with E-state index in [4.69, 9.17) is 0 Å². The van der Waals surface area contributed by atoms with Crippen molar-refractivity contribution in [3.05, 3.63) is 263 Å². The number of rotatable bonds is 10. The minimum atomic E-state index is -0.194. The van der Waals surface area contributed by atoms with Crippen molar-refractivity contribution in [3.8, 4) is 22.7 Å². The Morgan fingerprint density at radius 2 is 0.470 bits per heavy atom. The van der Waals surface area contributed by atoms with E-state index in [-0.39, 0.29) is 11.4 Å². The van der Waals surface area contributed by atoms with E-state index in [1.165, 1.54) is 11.1 Å². The maximum atomic E-state index is 14.6. The first-order chi connectivity index (χ1) is 32.4. The third-order valence-electron chi connectivity index (χ3n) is 12.2. The molecule has 0 aliphatic heterocycles. The van der Waals surface area contributed by atoms with E-state index in [0.29, 0.717) is 11.4 Å². The molecule has 8 heteroatoms. The van der Waals surface area contributed by atoms with E-state index < -0.39 is 0 Å². The Kier molecular flexibility index (Phi) is 10.1. The molecule has 0 spiro atoms. The largest absolute Gasteiger partial charge is 0.338 e. The molecule has 318 valence electrons. The van der Waals surface area contributed by atoms with E-state index in [2.05, 4.69) is 121 Å². The first-order valence-electron chi connectivity index (χ1n) is 22.0. The zero-order valence-electron chi connectivity index (χ0n) is 36.4. The molecule has 11 aromatic rings. The fourth-order valence-corrected chi connectivity index (χ4v) is 8.98. The molecule has 0 atom stereocenters. The van der Waals surface area contributed by atoms with Gasteiger partial charge in [0.2, 0.25) is 0 Å². The van der Waals surface area contributed by atoms with Crippen LogP contribution in [-0.4, -0.2) is 18.3 Å². The lowest BCUT2D eigenvalue weighted by molar-refractivity contribution is 0.919. The molecular weight excluding hydrogens is 813 g/mol. The van der Waals surface area contributed by atoms with Crippen LogP contribution in [0.4, 0.5) is 34.1 Å². The summed E-state index contributed by atoms with van der Waals surface area (Å²) in [6, 6.07) is 77.1. The fourth-order valence-electron chi connectivity index (χ4n) is 8.98. The molecule has 66 heavy (non-hydrogen) atoms. The molecule has 0 unspecified atom stereocenters. The number of hydrogen-bond donors (Lipinski definition) is 0. The molecule has 0 saturated heterocycles. The highest BCUT2D eigenvalue weighted by Gasteiger charge is 2.20. The van der Waals surface area contributed by atoms with Gasteiger partial charge in [-0.1, -0.05) is 96.1 Å². The molecule has 0 fully saturated rings. The van der Waals surface area contributed by atoms with E-state index >= 15 is 0 Å². The van der Waals surface area contributed by atoms with Gasteiger partial charge < -0.3 is 9.80 Å².